The molecular formula is C9H16N2O4S. The fourth-order valence-electron chi connectivity index (χ4n) is 0.803. The molecule has 0 aromatic carbocycles. The summed E-state index contributed by atoms with van der Waals surface area (Å²) in [5.41, 5.74) is 0. The second-order valence-corrected chi connectivity index (χ2v) is 4.16. The fraction of sp³-hybridized carbons (Fsp3) is 0.667. The molecule has 0 aliphatic carbocycles. The number of nitrogens with one attached hydrogen (secondary N) is 1. The Kier molecular flexibility index (Phi) is 7.36. The second-order valence-electron chi connectivity index (χ2n) is 3.18. The molecule has 0 saturated carbocycles. The first-order chi connectivity index (χ1) is 7.43. The summed E-state index contributed by atoms with van der Waals surface area (Å²) in [6, 6.07) is 0. The number of aliphatic carboxylic acids is 1. The summed E-state index contributed by atoms with van der Waals surface area (Å²) in [6.07, 6.45) is 0. The van der Waals surface area contributed by atoms with Crippen LogP contribution in [0.4, 0.5) is 0 Å². The Balaban J connectivity index is 3.51. The highest BCUT2D eigenvalue weighted by Crippen LogP contribution is 1.97. The van der Waals surface area contributed by atoms with E-state index in [2.05, 4.69) is 5.32 Å². The molecule has 0 fully saturated rings. The van der Waals surface area contributed by atoms with Crippen molar-refractivity contribution in [1.82, 2.24) is 10.2 Å². The molecule has 0 spiro atoms. The lowest BCUT2D eigenvalue weighted by Crippen LogP contribution is -2.35. The highest BCUT2D eigenvalue weighted by molar-refractivity contribution is 8.00. The largest absolute Gasteiger partial charge is 0.481 e. The zero-order valence-corrected chi connectivity index (χ0v) is 10.2. The van der Waals surface area contributed by atoms with Gasteiger partial charge in [0.2, 0.25) is 11.8 Å². The van der Waals surface area contributed by atoms with Crippen LogP contribution in [0.25, 0.3) is 0 Å². The smallest absolute Gasteiger partial charge is 0.313 e. The van der Waals surface area contributed by atoms with Crippen molar-refractivity contribution in [3.05, 3.63) is 0 Å². The summed E-state index contributed by atoms with van der Waals surface area (Å²) in [6.45, 7) is 2.28. The van der Waals surface area contributed by atoms with Gasteiger partial charge >= 0.3 is 5.97 Å². The number of amides is 2. The van der Waals surface area contributed by atoms with E-state index in [0.29, 0.717) is 13.1 Å². The summed E-state index contributed by atoms with van der Waals surface area (Å²) in [4.78, 5) is 33.6. The molecule has 0 atom stereocenters. The van der Waals surface area contributed by atoms with Gasteiger partial charge in [0.15, 0.2) is 0 Å². The topological polar surface area (TPSA) is 86.7 Å². The third-order valence-electron chi connectivity index (χ3n) is 1.77. The van der Waals surface area contributed by atoms with Crippen molar-refractivity contribution in [3.63, 3.8) is 0 Å². The molecule has 0 bridgehead atoms. The summed E-state index contributed by atoms with van der Waals surface area (Å²) in [5.74, 6) is -1.18. The lowest BCUT2D eigenvalue weighted by atomic mass is 10.5. The lowest BCUT2D eigenvalue weighted by molar-refractivity contribution is -0.134. The molecule has 2 N–H and O–H groups in total. The highest BCUT2D eigenvalue weighted by Gasteiger charge is 2.05. The van der Waals surface area contributed by atoms with E-state index in [-0.39, 0.29) is 23.3 Å². The maximum Gasteiger partial charge on any atom is 0.313 e. The SMILES string of the molecule is CC(=O)N(C)CCNC(=O)CSCC(=O)O. The molecule has 0 heterocycles. The summed E-state index contributed by atoms with van der Waals surface area (Å²) < 4.78 is 0. The van der Waals surface area contributed by atoms with Gasteiger partial charge in [-0.3, -0.25) is 14.4 Å². The zero-order valence-electron chi connectivity index (χ0n) is 9.36. The van der Waals surface area contributed by atoms with Crippen molar-refractivity contribution in [1.29, 1.82) is 0 Å². The van der Waals surface area contributed by atoms with Crippen LogP contribution in [0.3, 0.4) is 0 Å². The highest BCUT2D eigenvalue weighted by atomic mass is 32.2. The van der Waals surface area contributed by atoms with E-state index in [4.69, 9.17) is 5.11 Å². The van der Waals surface area contributed by atoms with Crippen molar-refractivity contribution in [2.45, 2.75) is 6.92 Å². The van der Waals surface area contributed by atoms with Gasteiger partial charge in [0.25, 0.3) is 0 Å². The zero-order chi connectivity index (χ0) is 12.6. The summed E-state index contributed by atoms with van der Waals surface area (Å²) in [7, 11) is 1.65. The van der Waals surface area contributed by atoms with E-state index in [1.54, 1.807) is 7.05 Å². The van der Waals surface area contributed by atoms with Crippen molar-refractivity contribution in [3.8, 4) is 0 Å². The van der Waals surface area contributed by atoms with Gasteiger partial charge in [-0.1, -0.05) is 0 Å². The number of thioether (sulfide) groups is 1. The van der Waals surface area contributed by atoms with Crippen LogP contribution >= 0.6 is 11.8 Å². The van der Waals surface area contributed by atoms with Gasteiger partial charge < -0.3 is 15.3 Å². The number of hydrogen-bond donors (Lipinski definition) is 2. The Morgan fingerprint density at radius 3 is 2.44 bits per heavy atom. The first-order valence-corrected chi connectivity index (χ1v) is 5.87. The van der Waals surface area contributed by atoms with Crippen LogP contribution in [-0.2, 0) is 14.4 Å². The number of carboxylic acids is 1. The average molecular weight is 248 g/mol. The predicted octanol–water partition coefficient (Wildman–Crippen LogP) is -0.601. The van der Waals surface area contributed by atoms with Crippen molar-refractivity contribution < 1.29 is 19.5 Å². The molecule has 0 rings (SSSR count). The molecule has 6 nitrogen and oxygen atoms in total. The Hall–Kier alpha value is -1.24. The van der Waals surface area contributed by atoms with Gasteiger partial charge in [-0.25, -0.2) is 0 Å². The van der Waals surface area contributed by atoms with Crippen LogP contribution in [0.15, 0.2) is 0 Å². The number of carboxylic acid groups (broad SMARTS) is 1. The van der Waals surface area contributed by atoms with Crippen LogP contribution in [0.5, 0.6) is 0 Å². The maximum atomic E-state index is 11.1. The Labute approximate surface area is 98.4 Å². The molecule has 0 aliphatic heterocycles. The predicted molar refractivity (Wildman–Crippen MR) is 61.3 cm³/mol. The van der Waals surface area contributed by atoms with E-state index >= 15 is 0 Å². The minimum absolute atomic E-state index is 0.0606. The van der Waals surface area contributed by atoms with Crippen LogP contribution < -0.4 is 5.32 Å². The second kappa shape index (κ2) is 7.98. The maximum absolute atomic E-state index is 11.1. The van der Waals surface area contributed by atoms with Gasteiger partial charge in [0, 0.05) is 27.1 Å². The van der Waals surface area contributed by atoms with Crippen LogP contribution in [0.1, 0.15) is 6.92 Å². The number of carbonyl (C=O) groups excluding carboxylic acids is 2. The van der Waals surface area contributed by atoms with Crippen molar-refractivity contribution in [2.75, 3.05) is 31.6 Å². The molecule has 0 unspecified atom stereocenters. The molecule has 0 aliphatic rings. The molecule has 0 radical (unpaired) electrons. The van der Waals surface area contributed by atoms with Gasteiger partial charge in [-0.15, -0.1) is 11.8 Å². The first-order valence-electron chi connectivity index (χ1n) is 4.71. The molecule has 7 heteroatoms. The normalized spacial score (nSPS) is 9.62. The molecule has 16 heavy (non-hydrogen) atoms. The van der Waals surface area contributed by atoms with Crippen LogP contribution in [0, 0.1) is 0 Å². The minimum atomic E-state index is -0.936. The Morgan fingerprint density at radius 1 is 1.31 bits per heavy atom. The molecule has 0 aromatic rings. The third kappa shape index (κ3) is 8.10. The molecular weight excluding hydrogens is 232 g/mol. The van der Waals surface area contributed by atoms with Gasteiger partial charge in [0.1, 0.15) is 0 Å². The summed E-state index contributed by atoms with van der Waals surface area (Å²) in [5, 5.41) is 10.9. The van der Waals surface area contributed by atoms with E-state index in [9.17, 15) is 14.4 Å². The van der Waals surface area contributed by atoms with E-state index in [0.717, 1.165) is 11.8 Å². The van der Waals surface area contributed by atoms with Crippen molar-refractivity contribution in [2.24, 2.45) is 0 Å². The first kappa shape index (κ1) is 14.8. The van der Waals surface area contributed by atoms with Gasteiger partial charge in [-0.05, 0) is 0 Å². The van der Waals surface area contributed by atoms with Crippen molar-refractivity contribution >= 4 is 29.5 Å². The van der Waals surface area contributed by atoms with Crippen LogP contribution in [-0.4, -0.2) is 59.4 Å². The van der Waals surface area contributed by atoms with E-state index in [1.165, 1.54) is 11.8 Å². The molecule has 0 saturated heterocycles. The minimum Gasteiger partial charge on any atom is -0.481 e. The molecule has 0 aromatic heterocycles. The third-order valence-corrected chi connectivity index (χ3v) is 2.68. The van der Waals surface area contributed by atoms with Gasteiger partial charge in [-0.2, -0.15) is 0 Å². The lowest BCUT2D eigenvalue weighted by Gasteiger charge is -2.14. The standard InChI is InChI=1S/C9H16N2O4S/c1-7(12)11(2)4-3-10-8(13)5-16-6-9(14)15/h3-6H2,1-2H3,(H,10,13)(H,14,15). The number of rotatable bonds is 7. The Bertz CT molecular complexity index is 270. The Morgan fingerprint density at radius 2 is 1.94 bits per heavy atom. The number of likely N-dealkylation sites (N-methyl/N-ethyl adjacent to an activating group) is 1. The number of nitrogens with zero attached hydrogens (tertiary/aromatic N) is 1. The van der Waals surface area contributed by atoms with E-state index in [1.807, 2.05) is 0 Å². The summed E-state index contributed by atoms with van der Waals surface area (Å²) >= 11 is 1.04. The van der Waals surface area contributed by atoms with Gasteiger partial charge in [0.05, 0.1) is 11.5 Å². The average Bonchev–Trinajstić information content (AvgIpc) is 2.16. The quantitative estimate of drug-likeness (QED) is 0.628. The van der Waals surface area contributed by atoms with Crippen LogP contribution in [0.2, 0.25) is 0 Å². The molecule has 92 valence electrons. The number of hydrogen-bond acceptors (Lipinski definition) is 4. The monoisotopic (exact) mass is 248 g/mol. The number of carbonyl (C=O) groups is 3. The van der Waals surface area contributed by atoms with E-state index < -0.39 is 5.97 Å². The molecule has 2 amide bonds. The fourth-order valence-corrected chi connectivity index (χ4v) is 1.37.